The van der Waals surface area contributed by atoms with Crippen molar-refractivity contribution in [2.75, 3.05) is 24.7 Å². The van der Waals surface area contributed by atoms with E-state index in [2.05, 4.69) is 10.6 Å². The fourth-order valence-electron chi connectivity index (χ4n) is 1.57. The van der Waals surface area contributed by atoms with Crippen molar-refractivity contribution >= 4 is 17.7 Å². The highest BCUT2D eigenvalue weighted by Crippen LogP contribution is 2.08. The van der Waals surface area contributed by atoms with E-state index in [1.807, 2.05) is 6.92 Å². The molecule has 0 aromatic carbocycles. The Balaban J connectivity index is 2.31. The van der Waals surface area contributed by atoms with Gasteiger partial charge in [0.25, 0.3) is 0 Å². The van der Waals surface area contributed by atoms with E-state index in [0.717, 1.165) is 24.5 Å². The molecule has 15 heavy (non-hydrogen) atoms. The van der Waals surface area contributed by atoms with E-state index < -0.39 is 0 Å². The molecule has 0 spiro atoms. The first-order valence-corrected chi connectivity index (χ1v) is 6.65. The second-order valence-corrected chi connectivity index (χ2v) is 4.86. The first-order valence-electron chi connectivity index (χ1n) is 5.50. The second-order valence-electron chi connectivity index (χ2n) is 3.71. The molecule has 2 atom stereocenters. The van der Waals surface area contributed by atoms with E-state index in [4.69, 9.17) is 5.11 Å². The molecule has 88 valence electrons. The average molecular weight is 232 g/mol. The van der Waals surface area contributed by atoms with Gasteiger partial charge >= 0.3 is 0 Å². The lowest BCUT2D eigenvalue weighted by Crippen LogP contribution is -2.51. The third kappa shape index (κ3) is 4.40. The van der Waals surface area contributed by atoms with E-state index in [-0.39, 0.29) is 24.6 Å². The predicted octanol–water partition coefficient (Wildman–Crippen LogP) is -0.0314. The molecule has 1 amide bonds. The van der Waals surface area contributed by atoms with Crippen molar-refractivity contribution < 1.29 is 9.90 Å². The number of hydrogen-bond donors (Lipinski definition) is 3. The highest BCUT2D eigenvalue weighted by molar-refractivity contribution is 7.99. The van der Waals surface area contributed by atoms with Crippen LogP contribution in [-0.4, -0.2) is 47.8 Å². The lowest BCUT2D eigenvalue weighted by atomic mass is 10.1. The fourth-order valence-corrected chi connectivity index (χ4v) is 2.50. The first-order chi connectivity index (χ1) is 7.27. The molecule has 0 saturated carbocycles. The molecule has 1 fully saturated rings. The van der Waals surface area contributed by atoms with Crippen LogP contribution in [0.25, 0.3) is 0 Å². The van der Waals surface area contributed by atoms with E-state index in [1.165, 1.54) is 0 Å². The second kappa shape index (κ2) is 7.09. The molecular formula is C10H20N2O2S. The van der Waals surface area contributed by atoms with Crippen LogP contribution in [0.3, 0.4) is 0 Å². The normalized spacial score (nSPS) is 23.5. The summed E-state index contributed by atoms with van der Waals surface area (Å²) in [6.45, 7) is 3.05. The molecule has 5 heteroatoms. The lowest BCUT2D eigenvalue weighted by molar-refractivity contribution is -0.123. The van der Waals surface area contributed by atoms with Gasteiger partial charge in [-0.3, -0.25) is 4.79 Å². The molecule has 0 aromatic heterocycles. The average Bonchev–Trinajstić information content (AvgIpc) is 2.29. The summed E-state index contributed by atoms with van der Waals surface area (Å²) < 4.78 is 0. The van der Waals surface area contributed by atoms with E-state index in [9.17, 15) is 4.79 Å². The van der Waals surface area contributed by atoms with Crippen molar-refractivity contribution in [1.82, 2.24) is 10.6 Å². The zero-order chi connectivity index (χ0) is 11.1. The van der Waals surface area contributed by atoms with Crippen LogP contribution in [0.4, 0.5) is 0 Å². The number of rotatable bonds is 5. The number of nitrogens with one attached hydrogen (secondary N) is 2. The molecule has 0 aromatic rings. The summed E-state index contributed by atoms with van der Waals surface area (Å²) in [6.07, 6.45) is 1.51. The van der Waals surface area contributed by atoms with Crippen LogP contribution in [-0.2, 0) is 4.79 Å². The molecule has 1 heterocycles. The summed E-state index contributed by atoms with van der Waals surface area (Å²) >= 11 is 1.81. The third-order valence-electron chi connectivity index (χ3n) is 2.55. The fraction of sp³-hybridized carbons (Fsp3) is 0.900. The first kappa shape index (κ1) is 12.8. The SMILES string of the molecule is CCC(CCO)NC(=O)C1CSCCN1. The smallest absolute Gasteiger partial charge is 0.238 e. The van der Waals surface area contributed by atoms with Crippen molar-refractivity contribution in [3.05, 3.63) is 0 Å². The van der Waals surface area contributed by atoms with Gasteiger partial charge in [-0.2, -0.15) is 11.8 Å². The number of aliphatic hydroxyl groups is 1. The predicted molar refractivity (Wildman–Crippen MR) is 63.0 cm³/mol. The number of hydrogen-bond acceptors (Lipinski definition) is 4. The van der Waals surface area contributed by atoms with Crippen molar-refractivity contribution in [2.45, 2.75) is 31.8 Å². The molecule has 3 N–H and O–H groups in total. The van der Waals surface area contributed by atoms with Gasteiger partial charge in [-0.15, -0.1) is 0 Å². The number of aliphatic hydroxyl groups excluding tert-OH is 1. The van der Waals surface area contributed by atoms with Gasteiger partial charge in [0.15, 0.2) is 0 Å². The Morgan fingerprint density at radius 2 is 2.53 bits per heavy atom. The van der Waals surface area contributed by atoms with Gasteiger partial charge in [0, 0.05) is 30.7 Å². The highest BCUT2D eigenvalue weighted by atomic mass is 32.2. The van der Waals surface area contributed by atoms with Crippen LogP contribution >= 0.6 is 11.8 Å². The van der Waals surface area contributed by atoms with Crippen molar-refractivity contribution in [3.8, 4) is 0 Å². The quantitative estimate of drug-likeness (QED) is 0.623. The maximum Gasteiger partial charge on any atom is 0.238 e. The Labute approximate surface area is 95.2 Å². The Kier molecular flexibility index (Phi) is 6.05. The topological polar surface area (TPSA) is 61.4 Å². The van der Waals surface area contributed by atoms with Crippen LogP contribution in [0.2, 0.25) is 0 Å². The zero-order valence-electron chi connectivity index (χ0n) is 9.16. The minimum Gasteiger partial charge on any atom is -0.396 e. The summed E-state index contributed by atoms with van der Waals surface area (Å²) in [7, 11) is 0. The monoisotopic (exact) mass is 232 g/mol. The summed E-state index contributed by atoms with van der Waals surface area (Å²) in [6, 6.07) is 0.0488. The number of carbonyl (C=O) groups is 1. The summed E-state index contributed by atoms with van der Waals surface area (Å²) in [5, 5.41) is 15.0. The molecule has 1 aliphatic heterocycles. The Morgan fingerprint density at radius 1 is 1.73 bits per heavy atom. The molecule has 0 bridgehead atoms. The lowest BCUT2D eigenvalue weighted by Gasteiger charge is -2.25. The molecule has 0 radical (unpaired) electrons. The number of amides is 1. The Morgan fingerprint density at radius 3 is 3.07 bits per heavy atom. The summed E-state index contributed by atoms with van der Waals surface area (Å²) in [4.78, 5) is 11.8. The van der Waals surface area contributed by atoms with E-state index >= 15 is 0 Å². The van der Waals surface area contributed by atoms with Crippen molar-refractivity contribution in [3.63, 3.8) is 0 Å². The van der Waals surface area contributed by atoms with E-state index in [0.29, 0.717) is 6.42 Å². The van der Waals surface area contributed by atoms with Gasteiger partial charge in [0.1, 0.15) is 0 Å². The standard InChI is InChI=1S/C10H20N2O2S/c1-2-8(3-5-13)12-10(14)9-7-15-6-4-11-9/h8-9,11,13H,2-7H2,1H3,(H,12,14). The van der Waals surface area contributed by atoms with Crippen molar-refractivity contribution in [1.29, 1.82) is 0 Å². The van der Waals surface area contributed by atoms with Crippen LogP contribution < -0.4 is 10.6 Å². The zero-order valence-corrected chi connectivity index (χ0v) is 9.98. The van der Waals surface area contributed by atoms with Gasteiger partial charge in [-0.05, 0) is 12.8 Å². The number of thioether (sulfide) groups is 1. The van der Waals surface area contributed by atoms with Crippen LogP contribution in [0, 0.1) is 0 Å². The van der Waals surface area contributed by atoms with Gasteiger partial charge in [0.2, 0.25) is 5.91 Å². The van der Waals surface area contributed by atoms with Gasteiger partial charge in [-0.1, -0.05) is 6.92 Å². The summed E-state index contributed by atoms with van der Waals surface area (Å²) in [5.74, 6) is 2.00. The molecule has 2 unspecified atom stereocenters. The largest absolute Gasteiger partial charge is 0.396 e. The Bertz CT molecular complexity index is 196. The van der Waals surface area contributed by atoms with Gasteiger partial charge in [-0.25, -0.2) is 0 Å². The van der Waals surface area contributed by atoms with E-state index in [1.54, 1.807) is 11.8 Å². The number of carbonyl (C=O) groups excluding carboxylic acids is 1. The third-order valence-corrected chi connectivity index (χ3v) is 3.62. The maximum atomic E-state index is 11.8. The van der Waals surface area contributed by atoms with Crippen LogP contribution in [0.15, 0.2) is 0 Å². The maximum absolute atomic E-state index is 11.8. The van der Waals surface area contributed by atoms with Crippen LogP contribution in [0.5, 0.6) is 0 Å². The molecule has 0 aliphatic carbocycles. The minimum atomic E-state index is -0.0588. The molecule has 4 nitrogen and oxygen atoms in total. The van der Waals surface area contributed by atoms with Gasteiger partial charge in [0.05, 0.1) is 6.04 Å². The molecular weight excluding hydrogens is 212 g/mol. The molecule has 1 saturated heterocycles. The molecule has 1 aliphatic rings. The highest BCUT2D eigenvalue weighted by Gasteiger charge is 2.22. The summed E-state index contributed by atoms with van der Waals surface area (Å²) in [5.41, 5.74) is 0. The minimum absolute atomic E-state index is 0.0588. The van der Waals surface area contributed by atoms with Crippen LogP contribution in [0.1, 0.15) is 19.8 Å². The molecule has 1 rings (SSSR count). The Hall–Kier alpha value is -0.260. The van der Waals surface area contributed by atoms with Crippen molar-refractivity contribution in [2.24, 2.45) is 0 Å². The van der Waals surface area contributed by atoms with Gasteiger partial charge < -0.3 is 15.7 Å².